The van der Waals surface area contributed by atoms with Crippen LogP contribution < -0.4 is 0 Å². The molecule has 7 nitrogen and oxygen atoms in total. The number of aliphatic hydroxyl groups is 2. The Morgan fingerprint density at radius 1 is 1.20 bits per heavy atom. The topological polar surface area (TPSA) is 102 Å². The van der Waals surface area contributed by atoms with Crippen LogP contribution in [0, 0.1) is 0 Å². The van der Waals surface area contributed by atoms with Crippen LogP contribution in [0.15, 0.2) is 0 Å². The summed E-state index contributed by atoms with van der Waals surface area (Å²) in [7, 11) is 0. The standard InChI is InChI=1S/C8H14O7/c1-6(11)15-8(14-5-3-10)7(12)13-4-2-9/h8-10H,2-5H2,1H3. The first-order chi connectivity index (χ1) is 7.11. The van der Waals surface area contributed by atoms with Crippen molar-refractivity contribution in [2.24, 2.45) is 0 Å². The maximum atomic E-state index is 11.1. The first kappa shape index (κ1) is 13.8. The van der Waals surface area contributed by atoms with Crippen LogP contribution in [0.2, 0.25) is 0 Å². The summed E-state index contributed by atoms with van der Waals surface area (Å²) < 4.78 is 13.7. The zero-order valence-corrected chi connectivity index (χ0v) is 8.34. The monoisotopic (exact) mass is 222 g/mol. The van der Waals surface area contributed by atoms with Crippen LogP contribution in [0.1, 0.15) is 6.92 Å². The molecule has 0 aromatic carbocycles. The second kappa shape index (κ2) is 8.16. The molecule has 1 atom stereocenters. The molecular weight excluding hydrogens is 208 g/mol. The molecule has 15 heavy (non-hydrogen) atoms. The average molecular weight is 222 g/mol. The Bertz CT molecular complexity index is 203. The Hall–Kier alpha value is -1.18. The summed E-state index contributed by atoms with van der Waals surface area (Å²) in [4.78, 5) is 21.7. The van der Waals surface area contributed by atoms with Gasteiger partial charge < -0.3 is 24.4 Å². The molecule has 0 aliphatic carbocycles. The molecular formula is C8H14O7. The Balaban J connectivity index is 4.07. The van der Waals surface area contributed by atoms with Gasteiger partial charge in [-0.15, -0.1) is 0 Å². The highest BCUT2D eigenvalue weighted by molar-refractivity contribution is 5.77. The van der Waals surface area contributed by atoms with Crippen molar-refractivity contribution in [3.63, 3.8) is 0 Å². The highest BCUT2D eigenvalue weighted by atomic mass is 16.7. The van der Waals surface area contributed by atoms with E-state index >= 15 is 0 Å². The van der Waals surface area contributed by atoms with Gasteiger partial charge in [-0.1, -0.05) is 0 Å². The third kappa shape index (κ3) is 6.83. The number of esters is 2. The smallest absolute Gasteiger partial charge is 0.376 e. The zero-order chi connectivity index (χ0) is 11.7. The van der Waals surface area contributed by atoms with E-state index in [0.29, 0.717) is 0 Å². The summed E-state index contributed by atoms with van der Waals surface area (Å²) in [5, 5.41) is 16.8. The van der Waals surface area contributed by atoms with Crippen LogP contribution in [0.5, 0.6) is 0 Å². The molecule has 2 N–H and O–H groups in total. The normalized spacial score (nSPS) is 11.9. The molecule has 0 heterocycles. The molecule has 1 unspecified atom stereocenters. The lowest BCUT2D eigenvalue weighted by Gasteiger charge is -2.15. The van der Waals surface area contributed by atoms with Crippen LogP contribution in [0.3, 0.4) is 0 Å². The second-order valence-corrected chi connectivity index (χ2v) is 2.43. The fourth-order valence-electron chi connectivity index (χ4n) is 0.675. The van der Waals surface area contributed by atoms with E-state index in [1.807, 2.05) is 0 Å². The van der Waals surface area contributed by atoms with Gasteiger partial charge in [0.25, 0.3) is 0 Å². The van der Waals surface area contributed by atoms with Crippen molar-refractivity contribution >= 4 is 11.9 Å². The van der Waals surface area contributed by atoms with Gasteiger partial charge in [-0.3, -0.25) is 4.79 Å². The molecule has 0 saturated carbocycles. The van der Waals surface area contributed by atoms with Crippen molar-refractivity contribution in [2.45, 2.75) is 13.2 Å². The summed E-state index contributed by atoms with van der Waals surface area (Å²) in [5.41, 5.74) is 0. The summed E-state index contributed by atoms with van der Waals surface area (Å²) in [6.45, 7) is 0.0868. The van der Waals surface area contributed by atoms with Crippen molar-refractivity contribution in [1.82, 2.24) is 0 Å². The van der Waals surface area contributed by atoms with Gasteiger partial charge in [-0.05, 0) is 0 Å². The summed E-state index contributed by atoms with van der Waals surface area (Å²) in [5.74, 6) is -1.63. The first-order valence-electron chi connectivity index (χ1n) is 4.29. The number of aliphatic hydroxyl groups excluding tert-OH is 2. The van der Waals surface area contributed by atoms with E-state index in [4.69, 9.17) is 14.9 Å². The third-order valence-electron chi connectivity index (χ3n) is 1.16. The molecule has 88 valence electrons. The fraction of sp³-hybridized carbons (Fsp3) is 0.750. The molecule has 0 aliphatic heterocycles. The fourth-order valence-corrected chi connectivity index (χ4v) is 0.675. The molecule has 0 rings (SSSR count). The van der Waals surface area contributed by atoms with E-state index in [1.165, 1.54) is 0 Å². The maximum Gasteiger partial charge on any atom is 0.376 e. The van der Waals surface area contributed by atoms with Crippen molar-refractivity contribution in [2.75, 3.05) is 26.4 Å². The van der Waals surface area contributed by atoms with Gasteiger partial charge in [-0.25, -0.2) is 4.79 Å². The molecule has 0 radical (unpaired) electrons. The summed E-state index contributed by atoms with van der Waals surface area (Å²) in [6, 6.07) is 0. The average Bonchev–Trinajstić information content (AvgIpc) is 2.20. The van der Waals surface area contributed by atoms with E-state index in [0.717, 1.165) is 6.92 Å². The van der Waals surface area contributed by atoms with Crippen LogP contribution in [-0.2, 0) is 23.8 Å². The van der Waals surface area contributed by atoms with Crippen LogP contribution in [0.4, 0.5) is 0 Å². The number of rotatable bonds is 7. The Morgan fingerprint density at radius 2 is 1.80 bits per heavy atom. The molecule has 0 amide bonds. The number of hydrogen-bond donors (Lipinski definition) is 2. The lowest BCUT2D eigenvalue weighted by Crippen LogP contribution is -2.32. The van der Waals surface area contributed by atoms with Gasteiger partial charge in [-0.2, -0.15) is 0 Å². The van der Waals surface area contributed by atoms with Crippen LogP contribution >= 0.6 is 0 Å². The molecule has 0 spiro atoms. The van der Waals surface area contributed by atoms with Crippen LogP contribution in [-0.4, -0.2) is 54.9 Å². The number of hydrogen-bond acceptors (Lipinski definition) is 7. The van der Waals surface area contributed by atoms with Crippen molar-refractivity contribution in [3.8, 4) is 0 Å². The van der Waals surface area contributed by atoms with Crippen LogP contribution in [0.25, 0.3) is 0 Å². The number of ether oxygens (including phenoxy) is 3. The van der Waals surface area contributed by atoms with Crippen molar-refractivity contribution in [3.05, 3.63) is 0 Å². The van der Waals surface area contributed by atoms with E-state index in [1.54, 1.807) is 0 Å². The van der Waals surface area contributed by atoms with Gasteiger partial charge in [0.1, 0.15) is 6.61 Å². The summed E-state index contributed by atoms with van der Waals surface area (Å²) in [6.07, 6.45) is -1.50. The van der Waals surface area contributed by atoms with Gasteiger partial charge in [0.2, 0.25) is 0 Å². The second-order valence-electron chi connectivity index (χ2n) is 2.43. The maximum absolute atomic E-state index is 11.1. The summed E-state index contributed by atoms with van der Waals surface area (Å²) >= 11 is 0. The van der Waals surface area contributed by atoms with E-state index in [-0.39, 0.29) is 26.4 Å². The van der Waals surface area contributed by atoms with E-state index < -0.39 is 18.2 Å². The van der Waals surface area contributed by atoms with Gasteiger partial charge in [0, 0.05) is 6.92 Å². The Morgan fingerprint density at radius 3 is 2.27 bits per heavy atom. The molecule has 0 aromatic heterocycles. The minimum absolute atomic E-state index is 0.161. The lowest BCUT2D eigenvalue weighted by molar-refractivity contribution is -0.201. The third-order valence-corrected chi connectivity index (χ3v) is 1.16. The van der Waals surface area contributed by atoms with Crippen molar-refractivity contribution < 1.29 is 34.0 Å². The molecule has 0 saturated heterocycles. The minimum Gasteiger partial charge on any atom is -0.459 e. The molecule has 7 heteroatoms. The van der Waals surface area contributed by atoms with Crippen molar-refractivity contribution in [1.29, 1.82) is 0 Å². The largest absolute Gasteiger partial charge is 0.459 e. The van der Waals surface area contributed by atoms with Gasteiger partial charge in [0.15, 0.2) is 0 Å². The quantitative estimate of drug-likeness (QED) is 0.396. The zero-order valence-electron chi connectivity index (χ0n) is 8.34. The van der Waals surface area contributed by atoms with E-state index in [2.05, 4.69) is 9.47 Å². The lowest BCUT2D eigenvalue weighted by atomic mass is 10.6. The van der Waals surface area contributed by atoms with Gasteiger partial charge >= 0.3 is 18.2 Å². The number of carbonyl (C=O) groups is 2. The Labute approximate surface area is 86.5 Å². The molecule has 0 fully saturated rings. The first-order valence-corrected chi connectivity index (χ1v) is 4.29. The molecule has 0 aliphatic rings. The minimum atomic E-state index is -1.50. The molecule has 0 bridgehead atoms. The molecule has 0 aromatic rings. The van der Waals surface area contributed by atoms with E-state index in [9.17, 15) is 9.59 Å². The predicted molar refractivity (Wildman–Crippen MR) is 46.6 cm³/mol. The highest BCUT2D eigenvalue weighted by Crippen LogP contribution is 1.99. The number of carbonyl (C=O) groups excluding carboxylic acids is 2. The highest BCUT2D eigenvalue weighted by Gasteiger charge is 2.23. The predicted octanol–water partition coefficient (Wildman–Crippen LogP) is -1.58. The van der Waals surface area contributed by atoms with Gasteiger partial charge in [0.05, 0.1) is 19.8 Å². The Kier molecular flexibility index (Phi) is 7.51. The SMILES string of the molecule is CC(=O)OC(OCCO)C(=O)OCCO.